The molecule has 1 aromatic rings. The third-order valence-corrected chi connectivity index (χ3v) is 2.61. The van der Waals surface area contributed by atoms with E-state index in [-0.39, 0.29) is 5.54 Å². The molecular weight excluding hydrogens is 232 g/mol. The first-order valence-electron chi connectivity index (χ1n) is 4.08. The summed E-state index contributed by atoms with van der Waals surface area (Å²) in [6.07, 6.45) is 3.29. The molecule has 0 radical (unpaired) electrons. The van der Waals surface area contributed by atoms with Crippen LogP contribution in [0.5, 0.6) is 0 Å². The maximum Gasteiger partial charge on any atom is 0.146 e. The molecule has 2 heterocycles. The van der Waals surface area contributed by atoms with Crippen LogP contribution in [-0.4, -0.2) is 28.6 Å². The second-order valence-electron chi connectivity index (χ2n) is 3.70. The summed E-state index contributed by atoms with van der Waals surface area (Å²) >= 11 is 3.40. The second kappa shape index (κ2) is 2.92. The minimum absolute atomic E-state index is 0.0651. The molecule has 70 valence electrons. The summed E-state index contributed by atoms with van der Waals surface area (Å²) in [6.45, 7) is 3.74. The van der Waals surface area contributed by atoms with Crippen molar-refractivity contribution in [2.24, 2.45) is 5.73 Å². The van der Waals surface area contributed by atoms with Crippen LogP contribution in [-0.2, 0) is 0 Å². The number of hydrogen-bond donors (Lipinski definition) is 1. The molecule has 0 bridgehead atoms. The van der Waals surface area contributed by atoms with E-state index in [2.05, 4.69) is 30.8 Å². The van der Waals surface area contributed by atoms with Gasteiger partial charge in [-0.3, -0.25) is 0 Å². The molecule has 0 amide bonds. The van der Waals surface area contributed by atoms with E-state index in [1.54, 1.807) is 12.5 Å². The average Bonchev–Trinajstić information content (AvgIpc) is 2.01. The molecule has 0 saturated carbocycles. The molecule has 0 spiro atoms. The smallest absolute Gasteiger partial charge is 0.146 e. The van der Waals surface area contributed by atoms with Crippen LogP contribution in [0.25, 0.3) is 0 Å². The molecule has 13 heavy (non-hydrogen) atoms. The highest BCUT2D eigenvalue weighted by atomic mass is 79.9. The fourth-order valence-corrected chi connectivity index (χ4v) is 1.99. The molecule has 4 nitrogen and oxygen atoms in total. The van der Waals surface area contributed by atoms with Gasteiger partial charge in [-0.1, -0.05) is 0 Å². The molecular formula is C8H11BrN4. The van der Waals surface area contributed by atoms with Crippen LogP contribution in [0.2, 0.25) is 0 Å². The van der Waals surface area contributed by atoms with E-state index in [0.29, 0.717) is 0 Å². The van der Waals surface area contributed by atoms with E-state index >= 15 is 0 Å². The first-order chi connectivity index (χ1) is 6.08. The number of nitrogens with zero attached hydrogens (tertiary/aromatic N) is 3. The third kappa shape index (κ3) is 1.66. The Hall–Kier alpha value is -0.680. The van der Waals surface area contributed by atoms with Gasteiger partial charge in [0.2, 0.25) is 0 Å². The van der Waals surface area contributed by atoms with Crippen LogP contribution >= 0.6 is 15.9 Å². The maximum atomic E-state index is 5.90. The summed E-state index contributed by atoms with van der Waals surface area (Å²) in [5, 5.41) is 0. The Kier molecular flexibility index (Phi) is 2.00. The average molecular weight is 243 g/mol. The molecule has 0 aromatic carbocycles. The molecule has 5 heteroatoms. The Bertz CT molecular complexity index is 318. The lowest BCUT2D eigenvalue weighted by Gasteiger charge is -2.46. The van der Waals surface area contributed by atoms with Gasteiger partial charge in [-0.2, -0.15) is 0 Å². The number of nitrogens with two attached hydrogens (primary N) is 1. The lowest BCUT2D eigenvalue weighted by molar-refractivity contribution is 0.362. The van der Waals surface area contributed by atoms with Crippen molar-refractivity contribution in [3.63, 3.8) is 0 Å². The van der Waals surface area contributed by atoms with Gasteiger partial charge in [0.25, 0.3) is 0 Å². The van der Waals surface area contributed by atoms with Crippen molar-refractivity contribution < 1.29 is 0 Å². The summed E-state index contributed by atoms with van der Waals surface area (Å²) in [5.41, 5.74) is 5.83. The quantitative estimate of drug-likeness (QED) is 0.791. The van der Waals surface area contributed by atoms with Gasteiger partial charge in [0, 0.05) is 24.8 Å². The molecule has 1 aliphatic rings. The molecule has 1 fully saturated rings. The van der Waals surface area contributed by atoms with Crippen molar-refractivity contribution >= 4 is 21.7 Å². The van der Waals surface area contributed by atoms with E-state index in [1.807, 2.05) is 6.92 Å². The lowest BCUT2D eigenvalue weighted by Crippen LogP contribution is -2.65. The van der Waals surface area contributed by atoms with Gasteiger partial charge in [-0.25, -0.2) is 9.97 Å². The van der Waals surface area contributed by atoms with Crippen LogP contribution in [0.1, 0.15) is 6.92 Å². The van der Waals surface area contributed by atoms with Gasteiger partial charge >= 0.3 is 0 Å². The summed E-state index contributed by atoms with van der Waals surface area (Å²) < 4.78 is 0.922. The highest BCUT2D eigenvalue weighted by molar-refractivity contribution is 9.10. The summed E-state index contributed by atoms with van der Waals surface area (Å²) in [4.78, 5) is 10.2. The maximum absolute atomic E-state index is 5.90. The standard InChI is InChI=1S/C8H11BrN4/c1-8(10)3-13(4-8)7-6(9)2-11-5-12-7/h2,5H,3-4,10H2,1H3. The molecule has 0 unspecified atom stereocenters. The van der Waals surface area contributed by atoms with Gasteiger partial charge in [-0.15, -0.1) is 0 Å². The zero-order valence-electron chi connectivity index (χ0n) is 7.37. The predicted molar refractivity (Wildman–Crippen MR) is 54.5 cm³/mol. The van der Waals surface area contributed by atoms with E-state index in [9.17, 15) is 0 Å². The second-order valence-corrected chi connectivity index (χ2v) is 4.56. The Morgan fingerprint density at radius 2 is 2.31 bits per heavy atom. The Labute approximate surface area is 85.3 Å². The highest BCUT2D eigenvalue weighted by Gasteiger charge is 2.36. The SMILES string of the molecule is CC1(N)CN(c2ncncc2Br)C1. The van der Waals surface area contributed by atoms with Crippen molar-refractivity contribution in [2.45, 2.75) is 12.5 Å². The number of rotatable bonds is 1. The molecule has 2 rings (SSSR count). The van der Waals surface area contributed by atoms with Crippen molar-refractivity contribution in [3.05, 3.63) is 17.0 Å². The van der Waals surface area contributed by atoms with Crippen LogP contribution in [0.4, 0.5) is 5.82 Å². The van der Waals surface area contributed by atoms with Crippen molar-refractivity contribution in [1.29, 1.82) is 0 Å². The van der Waals surface area contributed by atoms with Crippen molar-refractivity contribution in [3.8, 4) is 0 Å². The molecule has 0 atom stereocenters. The van der Waals surface area contributed by atoms with Crippen molar-refractivity contribution in [2.75, 3.05) is 18.0 Å². The molecule has 1 aromatic heterocycles. The van der Waals surface area contributed by atoms with Crippen LogP contribution < -0.4 is 10.6 Å². The van der Waals surface area contributed by atoms with Gasteiger partial charge in [0.15, 0.2) is 0 Å². The Morgan fingerprint density at radius 3 is 2.85 bits per heavy atom. The monoisotopic (exact) mass is 242 g/mol. The van der Waals surface area contributed by atoms with Crippen LogP contribution in [0, 0.1) is 0 Å². The first-order valence-corrected chi connectivity index (χ1v) is 4.87. The molecule has 1 aliphatic heterocycles. The number of halogens is 1. The van der Waals surface area contributed by atoms with Gasteiger partial charge in [-0.05, 0) is 22.9 Å². The predicted octanol–water partition coefficient (Wildman–Crippen LogP) is 0.776. The summed E-state index contributed by atoms with van der Waals surface area (Å²) in [5.74, 6) is 0.929. The lowest BCUT2D eigenvalue weighted by atomic mass is 9.94. The first kappa shape index (κ1) is 8.90. The van der Waals surface area contributed by atoms with Crippen LogP contribution in [0.3, 0.4) is 0 Å². The van der Waals surface area contributed by atoms with Crippen molar-refractivity contribution in [1.82, 2.24) is 9.97 Å². The molecule has 2 N–H and O–H groups in total. The third-order valence-electron chi connectivity index (χ3n) is 2.05. The largest absolute Gasteiger partial charge is 0.352 e. The fraction of sp³-hybridized carbons (Fsp3) is 0.500. The Morgan fingerprint density at radius 1 is 1.62 bits per heavy atom. The number of anilines is 1. The molecule has 0 aliphatic carbocycles. The normalized spacial score (nSPS) is 19.8. The van der Waals surface area contributed by atoms with E-state index < -0.39 is 0 Å². The van der Waals surface area contributed by atoms with Gasteiger partial charge in [0.05, 0.1) is 4.47 Å². The zero-order valence-corrected chi connectivity index (χ0v) is 8.95. The number of aromatic nitrogens is 2. The fourth-order valence-electron chi connectivity index (χ4n) is 1.51. The topological polar surface area (TPSA) is 55.0 Å². The van der Waals surface area contributed by atoms with E-state index in [4.69, 9.17) is 5.73 Å². The van der Waals surface area contributed by atoms with Gasteiger partial charge in [0.1, 0.15) is 12.1 Å². The zero-order chi connectivity index (χ0) is 9.47. The highest BCUT2D eigenvalue weighted by Crippen LogP contribution is 2.29. The summed E-state index contributed by atoms with van der Waals surface area (Å²) in [6, 6.07) is 0. The minimum Gasteiger partial charge on any atom is -0.352 e. The number of hydrogen-bond acceptors (Lipinski definition) is 4. The minimum atomic E-state index is -0.0651. The van der Waals surface area contributed by atoms with Gasteiger partial charge < -0.3 is 10.6 Å². The Balaban J connectivity index is 2.16. The molecule has 1 saturated heterocycles. The van der Waals surface area contributed by atoms with Crippen LogP contribution in [0.15, 0.2) is 17.0 Å². The summed E-state index contributed by atoms with van der Waals surface area (Å²) in [7, 11) is 0. The van der Waals surface area contributed by atoms with E-state index in [0.717, 1.165) is 23.4 Å². The van der Waals surface area contributed by atoms with E-state index in [1.165, 1.54) is 0 Å².